The maximum atomic E-state index is 12.9. The van der Waals surface area contributed by atoms with Crippen molar-refractivity contribution < 1.29 is 23.6 Å². The van der Waals surface area contributed by atoms with E-state index in [0.717, 1.165) is 42.8 Å². The molecule has 4 rings (SSSR count). The summed E-state index contributed by atoms with van der Waals surface area (Å²) in [6.07, 6.45) is 1.45. The Morgan fingerprint density at radius 2 is 1.89 bits per heavy atom. The van der Waals surface area contributed by atoms with Crippen LogP contribution in [0.1, 0.15) is 41.6 Å². The number of aryl methyl sites for hydroxylation is 1. The lowest BCUT2D eigenvalue weighted by Crippen LogP contribution is -2.37. The van der Waals surface area contributed by atoms with Crippen LogP contribution in [-0.2, 0) is 16.1 Å². The van der Waals surface area contributed by atoms with Crippen molar-refractivity contribution >= 4 is 17.6 Å². The molecule has 184 valence electrons. The van der Waals surface area contributed by atoms with Gasteiger partial charge in [-0.15, -0.1) is 0 Å². The lowest BCUT2D eigenvalue weighted by atomic mass is 9.95. The van der Waals surface area contributed by atoms with Crippen LogP contribution in [-0.4, -0.2) is 53.7 Å². The number of carbonyl (C=O) groups excluding carboxylic acids is 2. The number of nitrogens with one attached hydrogen (secondary N) is 1. The largest absolute Gasteiger partial charge is 0.497 e. The molecule has 1 aliphatic rings. The van der Waals surface area contributed by atoms with Crippen molar-refractivity contribution in [2.75, 3.05) is 32.1 Å². The highest BCUT2D eigenvalue weighted by Gasteiger charge is 2.26. The molecular formula is C26H30N4O5. The van der Waals surface area contributed by atoms with Gasteiger partial charge >= 0.3 is 5.97 Å². The first-order valence-corrected chi connectivity index (χ1v) is 11.7. The Balaban J connectivity index is 1.30. The smallest absolute Gasteiger partial charge is 0.338 e. The highest BCUT2D eigenvalue weighted by atomic mass is 16.5. The molecule has 9 nitrogen and oxygen atoms in total. The van der Waals surface area contributed by atoms with E-state index in [1.807, 2.05) is 37.3 Å². The van der Waals surface area contributed by atoms with Gasteiger partial charge in [0.2, 0.25) is 17.6 Å². The molecule has 0 saturated carbocycles. The van der Waals surface area contributed by atoms with Gasteiger partial charge in [-0.3, -0.25) is 9.69 Å². The van der Waals surface area contributed by atoms with Crippen LogP contribution in [0, 0.1) is 12.8 Å². The van der Waals surface area contributed by atoms with Crippen molar-refractivity contribution in [2.24, 2.45) is 5.92 Å². The highest BCUT2D eigenvalue weighted by Crippen LogP contribution is 2.24. The molecule has 1 amide bonds. The fraction of sp³-hybridized carbons (Fsp3) is 0.385. The van der Waals surface area contributed by atoms with Crippen molar-refractivity contribution in [3.63, 3.8) is 0 Å². The lowest BCUT2D eigenvalue weighted by molar-refractivity contribution is -0.121. The van der Waals surface area contributed by atoms with Crippen molar-refractivity contribution in [1.82, 2.24) is 15.0 Å². The van der Waals surface area contributed by atoms with E-state index in [2.05, 4.69) is 20.4 Å². The molecule has 1 aliphatic heterocycles. The molecule has 0 aliphatic carbocycles. The highest BCUT2D eigenvalue weighted by molar-refractivity contribution is 5.96. The third kappa shape index (κ3) is 6.05. The lowest BCUT2D eigenvalue weighted by Gasteiger charge is -2.30. The Kier molecular flexibility index (Phi) is 7.77. The summed E-state index contributed by atoms with van der Waals surface area (Å²) in [5.41, 5.74) is 2.82. The number of anilines is 1. The van der Waals surface area contributed by atoms with Crippen LogP contribution in [0.25, 0.3) is 11.4 Å². The van der Waals surface area contributed by atoms with E-state index in [-0.39, 0.29) is 11.8 Å². The third-order valence-electron chi connectivity index (χ3n) is 6.14. The van der Waals surface area contributed by atoms with Gasteiger partial charge in [0.05, 0.1) is 25.8 Å². The van der Waals surface area contributed by atoms with E-state index in [9.17, 15) is 9.59 Å². The number of amides is 1. The number of esters is 1. The van der Waals surface area contributed by atoms with Crippen LogP contribution >= 0.6 is 0 Å². The van der Waals surface area contributed by atoms with Gasteiger partial charge in [0.1, 0.15) is 5.75 Å². The van der Waals surface area contributed by atoms with Crippen molar-refractivity contribution in [3.8, 4) is 17.1 Å². The molecule has 0 unspecified atom stereocenters. The van der Waals surface area contributed by atoms with Crippen LogP contribution in [0.4, 0.5) is 5.69 Å². The molecule has 1 N–H and O–H groups in total. The zero-order valence-corrected chi connectivity index (χ0v) is 20.2. The number of aromatic nitrogens is 2. The Labute approximate surface area is 204 Å². The number of methoxy groups -OCH3 is 1. The predicted octanol–water partition coefficient (Wildman–Crippen LogP) is 4.08. The number of benzene rings is 2. The Bertz CT molecular complexity index is 1170. The van der Waals surface area contributed by atoms with Gasteiger partial charge in [0.25, 0.3) is 0 Å². The van der Waals surface area contributed by atoms with Gasteiger partial charge in [-0.25, -0.2) is 4.79 Å². The molecule has 1 fully saturated rings. The topological polar surface area (TPSA) is 107 Å². The number of hydrogen-bond donors (Lipinski definition) is 1. The fourth-order valence-corrected chi connectivity index (χ4v) is 4.05. The molecule has 0 bridgehead atoms. The number of hydrogen-bond acceptors (Lipinski definition) is 8. The average Bonchev–Trinajstić information content (AvgIpc) is 3.34. The van der Waals surface area contributed by atoms with Crippen LogP contribution < -0.4 is 10.1 Å². The summed E-state index contributed by atoms with van der Waals surface area (Å²) < 4.78 is 15.7. The molecule has 0 atom stereocenters. The summed E-state index contributed by atoms with van der Waals surface area (Å²) in [6.45, 7) is 6.01. The fourth-order valence-electron chi connectivity index (χ4n) is 4.05. The zero-order chi connectivity index (χ0) is 24.8. The summed E-state index contributed by atoms with van der Waals surface area (Å²) in [5, 5.41) is 7.08. The summed E-state index contributed by atoms with van der Waals surface area (Å²) >= 11 is 0. The van der Waals surface area contributed by atoms with E-state index in [4.69, 9.17) is 14.0 Å². The maximum absolute atomic E-state index is 12.9. The van der Waals surface area contributed by atoms with Crippen LogP contribution in [0.5, 0.6) is 5.75 Å². The molecule has 9 heteroatoms. The van der Waals surface area contributed by atoms with Gasteiger partial charge in [-0.2, -0.15) is 4.98 Å². The third-order valence-corrected chi connectivity index (χ3v) is 6.14. The second-order valence-electron chi connectivity index (χ2n) is 8.53. The van der Waals surface area contributed by atoms with Crippen molar-refractivity contribution in [2.45, 2.75) is 33.2 Å². The Morgan fingerprint density at radius 3 is 2.57 bits per heavy atom. The molecule has 2 heterocycles. The molecule has 35 heavy (non-hydrogen) atoms. The second-order valence-corrected chi connectivity index (χ2v) is 8.53. The first-order chi connectivity index (χ1) is 17.0. The SMILES string of the molecule is CCOC(=O)c1ccc(C)c(NC(=O)C2CCN(Cc3nc(-c4ccc(OC)cc4)no3)CC2)c1. The summed E-state index contributed by atoms with van der Waals surface area (Å²) in [4.78, 5) is 31.6. The van der Waals surface area contributed by atoms with E-state index < -0.39 is 5.97 Å². The van der Waals surface area contributed by atoms with E-state index in [0.29, 0.717) is 36.1 Å². The van der Waals surface area contributed by atoms with Gasteiger partial charge in [0.15, 0.2) is 0 Å². The number of carbonyl (C=O) groups is 2. The van der Waals surface area contributed by atoms with E-state index >= 15 is 0 Å². The molecule has 0 spiro atoms. The Hall–Kier alpha value is -3.72. The molecule has 2 aromatic carbocycles. The van der Waals surface area contributed by atoms with Gasteiger partial charge in [-0.05, 0) is 81.7 Å². The second kappa shape index (κ2) is 11.1. The van der Waals surface area contributed by atoms with Crippen LogP contribution in [0.15, 0.2) is 47.0 Å². The average molecular weight is 479 g/mol. The molecule has 1 aromatic heterocycles. The molecule has 1 saturated heterocycles. The quantitative estimate of drug-likeness (QED) is 0.483. The Morgan fingerprint density at radius 1 is 1.14 bits per heavy atom. The van der Waals surface area contributed by atoms with Crippen molar-refractivity contribution in [3.05, 3.63) is 59.5 Å². The zero-order valence-electron chi connectivity index (χ0n) is 20.2. The van der Waals surface area contributed by atoms with Gasteiger partial charge in [-0.1, -0.05) is 11.2 Å². The maximum Gasteiger partial charge on any atom is 0.338 e. The minimum Gasteiger partial charge on any atom is -0.497 e. The first kappa shape index (κ1) is 24.4. The number of piperidine rings is 1. The molecule has 0 radical (unpaired) electrons. The minimum atomic E-state index is -0.396. The van der Waals surface area contributed by atoms with E-state index in [1.165, 1.54) is 0 Å². The molecule has 3 aromatic rings. The number of nitrogens with zero attached hydrogens (tertiary/aromatic N) is 3. The standard InChI is InChI=1S/C26H30N4O5/c1-4-34-26(32)20-6-5-17(2)22(15-20)27-25(31)19-11-13-30(14-12-19)16-23-28-24(29-35-23)18-7-9-21(33-3)10-8-18/h5-10,15,19H,4,11-14,16H2,1-3H3,(H,27,31). The normalized spacial score (nSPS) is 14.5. The minimum absolute atomic E-state index is 0.0339. The predicted molar refractivity (Wildman–Crippen MR) is 130 cm³/mol. The molecular weight excluding hydrogens is 448 g/mol. The monoisotopic (exact) mass is 478 g/mol. The number of likely N-dealkylation sites (tertiary alicyclic amines) is 1. The van der Waals surface area contributed by atoms with Crippen molar-refractivity contribution in [1.29, 1.82) is 0 Å². The van der Waals surface area contributed by atoms with Gasteiger partial charge in [0, 0.05) is 17.2 Å². The van der Waals surface area contributed by atoms with Crippen LogP contribution in [0.3, 0.4) is 0 Å². The first-order valence-electron chi connectivity index (χ1n) is 11.7. The summed E-state index contributed by atoms with van der Waals surface area (Å²) in [7, 11) is 1.62. The number of ether oxygens (including phenoxy) is 2. The number of rotatable bonds is 8. The van der Waals surface area contributed by atoms with Gasteiger partial charge < -0.3 is 19.3 Å². The summed E-state index contributed by atoms with van der Waals surface area (Å²) in [6, 6.07) is 12.7. The summed E-state index contributed by atoms with van der Waals surface area (Å²) in [5.74, 6) is 1.32. The van der Waals surface area contributed by atoms with E-state index in [1.54, 1.807) is 26.2 Å². The van der Waals surface area contributed by atoms with Crippen LogP contribution in [0.2, 0.25) is 0 Å².